The Kier molecular flexibility index (Phi) is 4.07. The number of benzene rings is 1. The van der Waals surface area contributed by atoms with Crippen LogP contribution < -0.4 is 15.2 Å². The van der Waals surface area contributed by atoms with Gasteiger partial charge in [-0.2, -0.15) is 11.8 Å². The summed E-state index contributed by atoms with van der Waals surface area (Å²) < 4.78 is 11.5. The third-order valence-corrected chi connectivity index (χ3v) is 4.19. The van der Waals surface area contributed by atoms with E-state index in [-0.39, 0.29) is 0 Å². The van der Waals surface area contributed by atoms with Crippen LogP contribution >= 0.6 is 11.8 Å². The van der Waals surface area contributed by atoms with Gasteiger partial charge >= 0.3 is 0 Å². The van der Waals surface area contributed by atoms with Crippen molar-refractivity contribution >= 4 is 11.8 Å². The Hall–Kier alpha value is -0.870. The molecule has 100 valence electrons. The highest BCUT2D eigenvalue weighted by Gasteiger charge is 2.24. The van der Waals surface area contributed by atoms with Crippen molar-refractivity contribution in [3.05, 3.63) is 23.8 Å². The maximum Gasteiger partial charge on any atom is 0.165 e. The summed E-state index contributed by atoms with van der Waals surface area (Å²) in [4.78, 5) is 0. The summed E-state index contributed by atoms with van der Waals surface area (Å²) in [6.45, 7) is 3.94. The molecule has 0 radical (unpaired) electrons. The van der Waals surface area contributed by atoms with E-state index in [4.69, 9.17) is 15.2 Å². The zero-order valence-electron chi connectivity index (χ0n) is 11.2. The fourth-order valence-corrected chi connectivity index (χ4v) is 3.21. The van der Waals surface area contributed by atoms with Gasteiger partial charge in [-0.15, -0.1) is 0 Å². The first-order valence-corrected chi connectivity index (χ1v) is 7.38. The van der Waals surface area contributed by atoms with Gasteiger partial charge in [0.25, 0.3) is 0 Å². The number of hydrogen-bond donors (Lipinski definition) is 1. The van der Waals surface area contributed by atoms with E-state index in [1.54, 1.807) is 7.11 Å². The Morgan fingerprint density at radius 2 is 2.17 bits per heavy atom. The molecule has 0 amide bonds. The number of hydrogen-bond acceptors (Lipinski definition) is 4. The fourth-order valence-electron chi connectivity index (χ4n) is 2.11. The smallest absolute Gasteiger partial charge is 0.165 e. The third-order valence-electron chi connectivity index (χ3n) is 3.06. The molecule has 1 aliphatic rings. The molecular weight excluding hydrogens is 246 g/mol. The molecule has 0 bridgehead atoms. The van der Waals surface area contributed by atoms with E-state index in [0.717, 1.165) is 29.2 Å². The van der Waals surface area contributed by atoms with Crippen LogP contribution in [0.3, 0.4) is 0 Å². The van der Waals surface area contributed by atoms with Gasteiger partial charge in [-0.05, 0) is 32.1 Å². The van der Waals surface area contributed by atoms with E-state index < -0.39 is 5.54 Å². The van der Waals surface area contributed by atoms with Crippen molar-refractivity contribution in [2.45, 2.75) is 31.9 Å². The largest absolute Gasteiger partial charge is 0.493 e. The maximum absolute atomic E-state index is 6.17. The molecule has 4 heteroatoms. The first-order chi connectivity index (χ1) is 8.52. The van der Waals surface area contributed by atoms with Crippen LogP contribution in [0.25, 0.3) is 0 Å². The number of methoxy groups -OCH3 is 1. The van der Waals surface area contributed by atoms with Crippen molar-refractivity contribution in [2.75, 3.05) is 18.6 Å². The normalized spacial score (nSPS) is 19.9. The topological polar surface area (TPSA) is 44.5 Å². The number of ether oxygens (including phenoxy) is 2. The van der Waals surface area contributed by atoms with Crippen LogP contribution in [0, 0.1) is 0 Å². The van der Waals surface area contributed by atoms with Gasteiger partial charge in [0.05, 0.1) is 7.11 Å². The summed E-state index contributed by atoms with van der Waals surface area (Å²) in [5, 5.41) is 0. The second kappa shape index (κ2) is 5.41. The Balaban J connectivity index is 2.29. The quantitative estimate of drug-likeness (QED) is 0.911. The average Bonchev–Trinajstić information content (AvgIpc) is 2.80. The zero-order valence-corrected chi connectivity index (χ0v) is 12.0. The van der Waals surface area contributed by atoms with Gasteiger partial charge < -0.3 is 15.2 Å². The molecule has 1 unspecified atom stereocenters. The second-order valence-electron chi connectivity index (χ2n) is 5.16. The van der Waals surface area contributed by atoms with Crippen LogP contribution in [0.4, 0.5) is 0 Å². The molecule has 1 fully saturated rings. The molecule has 1 heterocycles. The lowest BCUT2D eigenvalue weighted by atomic mass is 9.94. The SMILES string of the molecule is COc1c(OC2CCSC2)cccc1C(C)(C)N. The first-order valence-electron chi connectivity index (χ1n) is 6.23. The molecule has 0 spiro atoms. The van der Waals surface area contributed by atoms with Gasteiger partial charge in [-0.25, -0.2) is 0 Å². The summed E-state index contributed by atoms with van der Waals surface area (Å²) in [5.74, 6) is 3.80. The van der Waals surface area contributed by atoms with E-state index in [0.29, 0.717) is 6.10 Å². The first kappa shape index (κ1) is 13.6. The van der Waals surface area contributed by atoms with Crippen molar-refractivity contribution in [3.8, 4) is 11.5 Å². The Morgan fingerprint density at radius 3 is 2.72 bits per heavy atom. The maximum atomic E-state index is 6.17. The molecule has 1 aliphatic heterocycles. The predicted octanol–water partition coefficient (Wildman–Crippen LogP) is 2.77. The van der Waals surface area contributed by atoms with Gasteiger partial charge in [0.1, 0.15) is 6.10 Å². The fraction of sp³-hybridized carbons (Fsp3) is 0.571. The highest BCUT2D eigenvalue weighted by atomic mass is 32.2. The number of nitrogens with two attached hydrogens (primary N) is 1. The molecule has 0 aromatic heterocycles. The van der Waals surface area contributed by atoms with E-state index in [9.17, 15) is 0 Å². The Morgan fingerprint density at radius 1 is 1.39 bits per heavy atom. The monoisotopic (exact) mass is 267 g/mol. The van der Waals surface area contributed by atoms with Crippen LogP contribution in [-0.2, 0) is 5.54 Å². The second-order valence-corrected chi connectivity index (χ2v) is 6.31. The van der Waals surface area contributed by atoms with Crippen LogP contribution in [-0.4, -0.2) is 24.7 Å². The van der Waals surface area contributed by atoms with E-state index in [1.165, 1.54) is 5.75 Å². The van der Waals surface area contributed by atoms with Crippen LogP contribution in [0.15, 0.2) is 18.2 Å². The third kappa shape index (κ3) is 2.93. The van der Waals surface area contributed by atoms with Gasteiger partial charge in [0.2, 0.25) is 0 Å². The van der Waals surface area contributed by atoms with Crippen molar-refractivity contribution in [1.29, 1.82) is 0 Å². The van der Waals surface area contributed by atoms with Crippen LogP contribution in [0.2, 0.25) is 0 Å². The Bertz CT molecular complexity index is 409. The van der Waals surface area contributed by atoms with Crippen molar-refractivity contribution in [3.63, 3.8) is 0 Å². The van der Waals surface area contributed by atoms with Gasteiger partial charge in [-0.3, -0.25) is 0 Å². The highest BCUT2D eigenvalue weighted by Crippen LogP contribution is 2.37. The molecule has 1 aromatic carbocycles. The summed E-state index contributed by atoms with van der Waals surface area (Å²) in [5.41, 5.74) is 6.71. The molecule has 18 heavy (non-hydrogen) atoms. The minimum atomic E-state index is -0.435. The minimum Gasteiger partial charge on any atom is -0.493 e. The molecule has 1 aromatic rings. The molecule has 1 atom stereocenters. The summed E-state index contributed by atoms with van der Waals surface area (Å²) in [7, 11) is 1.67. The van der Waals surface area contributed by atoms with E-state index in [2.05, 4.69) is 0 Å². The van der Waals surface area contributed by atoms with Crippen LogP contribution in [0.5, 0.6) is 11.5 Å². The molecule has 1 saturated heterocycles. The number of para-hydroxylation sites is 1. The summed E-state index contributed by atoms with van der Waals surface area (Å²) >= 11 is 1.93. The van der Waals surface area contributed by atoms with Crippen molar-refractivity contribution in [1.82, 2.24) is 0 Å². The van der Waals surface area contributed by atoms with Crippen LogP contribution in [0.1, 0.15) is 25.8 Å². The van der Waals surface area contributed by atoms with Crippen molar-refractivity contribution < 1.29 is 9.47 Å². The molecule has 0 saturated carbocycles. The zero-order chi connectivity index (χ0) is 13.2. The molecule has 2 rings (SSSR count). The standard InChI is InChI=1S/C14H21NO2S/c1-14(2,15)11-5-4-6-12(13(11)16-3)17-10-7-8-18-9-10/h4-6,10H,7-9,15H2,1-3H3. The molecule has 3 nitrogen and oxygen atoms in total. The lowest BCUT2D eigenvalue weighted by Crippen LogP contribution is -2.29. The summed E-state index contributed by atoms with van der Waals surface area (Å²) in [6.07, 6.45) is 1.39. The van der Waals surface area contributed by atoms with E-state index in [1.807, 2.05) is 43.8 Å². The lowest BCUT2D eigenvalue weighted by molar-refractivity contribution is 0.217. The number of thioether (sulfide) groups is 1. The van der Waals surface area contributed by atoms with Gasteiger partial charge in [0.15, 0.2) is 11.5 Å². The highest BCUT2D eigenvalue weighted by molar-refractivity contribution is 7.99. The van der Waals surface area contributed by atoms with Gasteiger partial charge in [-0.1, -0.05) is 12.1 Å². The summed E-state index contributed by atoms with van der Waals surface area (Å²) in [6, 6.07) is 5.93. The minimum absolute atomic E-state index is 0.292. The molecular formula is C14H21NO2S. The molecule has 0 aliphatic carbocycles. The lowest BCUT2D eigenvalue weighted by Gasteiger charge is -2.24. The van der Waals surface area contributed by atoms with Crippen molar-refractivity contribution in [2.24, 2.45) is 5.73 Å². The number of rotatable bonds is 4. The molecule has 2 N–H and O–H groups in total. The Labute approximate surface area is 113 Å². The average molecular weight is 267 g/mol. The van der Waals surface area contributed by atoms with Gasteiger partial charge in [0, 0.05) is 16.9 Å². The van der Waals surface area contributed by atoms with E-state index >= 15 is 0 Å². The predicted molar refractivity (Wildman–Crippen MR) is 76.6 cm³/mol.